The van der Waals surface area contributed by atoms with Crippen molar-refractivity contribution in [3.8, 4) is 17.1 Å². The molecule has 21 heavy (non-hydrogen) atoms. The summed E-state index contributed by atoms with van der Waals surface area (Å²) in [7, 11) is 1.66. The summed E-state index contributed by atoms with van der Waals surface area (Å²) in [6.45, 7) is 7.33. The Morgan fingerprint density at radius 2 is 2.05 bits per heavy atom. The van der Waals surface area contributed by atoms with Crippen LogP contribution in [0.1, 0.15) is 37.6 Å². The van der Waals surface area contributed by atoms with E-state index in [1.807, 2.05) is 37.4 Å². The Morgan fingerprint density at radius 3 is 2.71 bits per heavy atom. The second-order valence-corrected chi connectivity index (χ2v) is 5.11. The topological polar surface area (TPSA) is 47.0 Å². The third-order valence-electron chi connectivity index (χ3n) is 3.53. The van der Waals surface area contributed by atoms with Crippen LogP contribution in [0.5, 0.6) is 5.75 Å². The zero-order chi connectivity index (χ0) is 15.2. The number of hydrogen-bond donors (Lipinski definition) is 1. The molecule has 4 nitrogen and oxygen atoms in total. The van der Waals surface area contributed by atoms with Crippen LogP contribution < -0.4 is 10.1 Å². The number of nitrogens with zero attached hydrogens (tertiary/aromatic N) is 2. The van der Waals surface area contributed by atoms with Crippen molar-refractivity contribution in [2.45, 2.75) is 33.2 Å². The molecule has 4 heteroatoms. The molecule has 0 amide bonds. The summed E-state index contributed by atoms with van der Waals surface area (Å²) in [5.41, 5.74) is 3.06. The molecule has 1 N–H and O–H groups in total. The third kappa shape index (κ3) is 3.58. The van der Waals surface area contributed by atoms with Gasteiger partial charge in [-0.25, -0.2) is 9.97 Å². The predicted octanol–water partition coefficient (Wildman–Crippen LogP) is 3.52. The average Bonchev–Trinajstić information content (AvgIpc) is 2.52. The molecule has 0 saturated carbocycles. The lowest BCUT2D eigenvalue weighted by Crippen LogP contribution is -2.20. The highest BCUT2D eigenvalue weighted by Crippen LogP contribution is 2.27. The van der Waals surface area contributed by atoms with E-state index in [1.54, 1.807) is 7.11 Å². The van der Waals surface area contributed by atoms with Gasteiger partial charge in [-0.2, -0.15) is 0 Å². The zero-order valence-corrected chi connectivity index (χ0v) is 13.2. The minimum Gasteiger partial charge on any atom is -0.496 e. The molecule has 0 aliphatic rings. The number of benzene rings is 1. The van der Waals surface area contributed by atoms with Crippen LogP contribution in [-0.4, -0.2) is 23.6 Å². The van der Waals surface area contributed by atoms with Gasteiger partial charge in [0.1, 0.15) is 5.75 Å². The van der Waals surface area contributed by atoms with Crippen molar-refractivity contribution in [2.24, 2.45) is 0 Å². The number of rotatable bonds is 6. The van der Waals surface area contributed by atoms with Crippen LogP contribution in [0.2, 0.25) is 0 Å². The minimum atomic E-state index is 0.261. The van der Waals surface area contributed by atoms with Gasteiger partial charge in [-0.1, -0.05) is 19.1 Å². The molecule has 2 aromatic rings. The van der Waals surface area contributed by atoms with E-state index in [9.17, 15) is 0 Å². The molecule has 1 aromatic heterocycles. The molecule has 1 unspecified atom stereocenters. The number of ether oxygens (including phenoxy) is 1. The summed E-state index contributed by atoms with van der Waals surface area (Å²) in [5.74, 6) is 1.50. The quantitative estimate of drug-likeness (QED) is 0.882. The Kier molecular flexibility index (Phi) is 5.28. The predicted molar refractivity (Wildman–Crippen MR) is 85.5 cm³/mol. The average molecular weight is 285 g/mol. The van der Waals surface area contributed by atoms with Gasteiger partial charge in [0.2, 0.25) is 0 Å². The standard InChI is InChI=1S/C17H23N3O/c1-5-10-18-12(2)15-11-19-17(20-13(15)3)14-8-6-7-9-16(14)21-4/h6-9,11-12,18H,5,10H2,1-4H3. The van der Waals surface area contributed by atoms with Crippen molar-refractivity contribution < 1.29 is 4.74 Å². The summed E-state index contributed by atoms with van der Waals surface area (Å²) >= 11 is 0. The smallest absolute Gasteiger partial charge is 0.163 e. The highest BCUT2D eigenvalue weighted by atomic mass is 16.5. The van der Waals surface area contributed by atoms with E-state index < -0.39 is 0 Å². The molecular formula is C17H23N3O. The van der Waals surface area contributed by atoms with Gasteiger partial charge in [-0.05, 0) is 38.9 Å². The summed E-state index contributed by atoms with van der Waals surface area (Å²) in [4.78, 5) is 9.17. The lowest BCUT2D eigenvalue weighted by Gasteiger charge is -2.16. The minimum absolute atomic E-state index is 0.261. The second kappa shape index (κ2) is 7.18. The van der Waals surface area contributed by atoms with Gasteiger partial charge in [-0.15, -0.1) is 0 Å². The van der Waals surface area contributed by atoms with E-state index in [0.29, 0.717) is 5.82 Å². The van der Waals surface area contributed by atoms with Crippen LogP contribution in [0.4, 0.5) is 0 Å². The van der Waals surface area contributed by atoms with Crippen LogP contribution in [0.15, 0.2) is 30.5 Å². The fourth-order valence-corrected chi connectivity index (χ4v) is 2.33. The van der Waals surface area contributed by atoms with Gasteiger partial charge >= 0.3 is 0 Å². The molecule has 0 radical (unpaired) electrons. The van der Waals surface area contributed by atoms with Gasteiger partial charge in [-0.3, -0.25) is 0 Å². The summed E-state index contributed by atoms with van der Waals surface area (Å²) < 4.78 is 5.38. The number of methoxy groups -OCH3 is 1. The van der Waals surface area contributed by atoms with Crippen molar-refractivity contribution in [3.05, 3.63) is 41.7 Å². The molecule has 112 valence electrons. The summed E-state index contributed by atoms with van der Waals surface area (Å²) in [6, 6.07) is 8.08. The second-order valence-electron chi connectivity index (χ2n) is 5.11. The lowest BCUT2D eigenvalue weighted by molar-refractivity contribution is 0.416. The largest absolute Gasteiger partial charge is 0.496 e. The Balaban J connectivity index is 2.30. The van der Waals surface area contributed by atoms with Gasteiger partial charge < -0.3 is 10.1 Å². The Bertz CT molecular complexity index is 598. The summed E-state index contributed by atoms with van der Waals surface area (Å²) in [5, 5.41) is 3.47. The number of para-hydroxylation sites is 1. The van der Waals surface area contributed by atoms with Gasteiger partial charge in [0.15, 0.2) is 5.82 Å². The molecular weight excluding hydrogens is 262 g/mol. The molecule has 0 aliphatic carbocycles. The fourth-order valence-electron chi connectivity index (χ4n) is 2.33. The highest BCUT2D eigenvalue weighted by molar-refractivity contribution is 5.64. The Hall–Kier alpha value is -1.94. The van der Waals surface area contributed by atoms with Crippen molar-refractivity contribution in [1.82, 2.24) is 15.3 Å². The van der Waals surface area contributed by atoms with Crippen LogP contribution in [-0.2, 0) is 0 Å². The van der Waals surface area contributed by atoms with Crippen LogP contribution >= 0.6 is 0 Å². The maximum atomic E-state index is 5.38. The normalized spacial score (nSPS) is 12.2. The van der Waals surface area contributed by atoms with E-state index in [0.717, 1.165) is 35.5 Å². The molecule has 0 spiro atoms. The van der Waals surface area contributed by atoms with Crippen molar-refractivity contribution >= 4 is 0 Å². The molecule has 0 bridgehead atoms. The number of aromatic nitrogens is 2. The first-order valence-electron chi connectivity index (χ1n) is 7.37. The first-order chi connectivity index (χ1) is 10.2. The molecule has 1 atom stereocenters. The molecule has 0 saturated heterocycles. The van der Waals surface area contributed by atoms with E-state index >= 15 is 0 Å². The van der Waals surface area contributed by atoms with E-state index in [1.165, 1.54) is 0 Å². The number of aryl methyl sites for hydroxylation is 1. The SMILES string of the molecule is CCCNC(C)c1cnc(-c2ccccc2OC)nc1C. The maximum absolute atomic E-state index is 5.38. The molecule has 2 rings (SSSR count). The van der Waals surface area contributed by atoms with E-state index in [-0.39, 0.29) is 6.04 Å². The lowest BCUT2D eigenvalue weighted by atomic mass is 10.1. The number of nitrogens with one attached hydrogen (secondary N) is 1. The molecule has 1 aromatic carbocycles. The first kappa shape index (κ1) is 15.4. The molecule has 0 fully saturated rings. The van der Waals surface area contributed by atoms with Crippen LogP contribution in [0.3, 0.4) is 0 Å². The zero-order valence-electron chi connectivity index (χ0n) is 13.2. The van der Waals surface area contributed by atoms with Gasteiger partial charge in [0, 0.05) is 23.5 Å². The number of hydrogen-bond acceptors (Lipinski definition) is 4. The Labute approximate surface area is 126 Å². The fraction of sp³-hybridized carbons (Fsp3) is 0.412. The molecule has 1 heterocycles. The first-order valence-corrected chi connectivity index (χ1v) is 7.37. The van der Waals surface area contributed by atoms with Gasteiger partial charge in [0.05, 0.1) is 12.7 Å². The van der Waals surface area contributed by atoms with Gasteiger partial charge in [0.25, 0.3) is 0 Å². The summed E-state index contributed by atoms with van der Waals surface area (Å²) in [6.07, 6.45) is 3.03. The van der Waals surface area contributed by atoms with Crippen LogP contribution in [0, 0.1) is 6.92 Å². The monoisotopic (exact) mass is 285 g/mol. The Morgan fingerprint density at radius 1 is 1.29 bits per heavy atom. The van der Waals surface area contributed by atoms with Crippen LogP contribution in [0.25, 0.3) is 11.4 Å². The highest BCUT2D eigenvalue weighted by Gasteiger charge is 2.13. The van der Waals surface area contributed by atoms with E-state index in [4.69, 9.17) is 4.74 Å². The molecule has 0 aliphatic heterocycles. The maximum Gasteiger partial charge on any atom is 0.163 e. The van der Waals surface area contributed by atoms with Crippen molar-refractivity contribution in [1.29, 1.82) is 0 Å². The third-order valence-corrected chi connectivity index (χ3v) is 3.53. The van der Waals surface area contributed by atoms with Crippen molar-refractivity contribution in [3.63, 3.8) is 0 Å². The van der Waals surface area contributed by atoms with E-state index in [2.05, 4.69) is 29.1 Å². The van der Waals surface area contributed by atoms with Crippen molar-refractivity contribution in [2.75, 3.05) is 13.7 Å².